The molecule has 0 amide bonds. The SMILES string of the molecule is CCC(CC)CN(CC)CC(=O)c1cc([N+](=O)[O-])c[nH]1. The van der Waals surface area contributed by atoms with Crippen molar-refractivity contribution in [2.24, 2.45) is 5.92 Å². The fourth-order valence-electron chi connectivity index (χ4n) is 2.16. The van der Waals surface area contributed by atoms with Gasteiger partial charge in [-0.2, -0.15) is 0 Å². The Hall–Kier alpha value is -1.69. The zero-order valence-corrected chi connectivity index (χ0v) is 12.4. The topological polar surface area (TPSA) is 79.2 Å². The number of aromatic amines is 1. The van der Waals surface area contributed by atoms with Crippen LogP contribution in [0.25, 0.3) is 0 Å². The van der Waals surface area contributed by atoms with Gasteiger partial charge in [-0.1, -0.05) is 33.6 Å². The molecule has 112 valence electrons. The van der Waals surface area contributed by atoms with Crippen LogP contribution in [0.3, 0.4) is 0 Å². The maximum atomic E-state index is 12.1. The van der Waals surface area contributed by atoms with Crippen LogP contribution in [0.2, 0.25) is 0 Å². The van der Waals surface area contributed by atoms with E-state index in [1.807, 2.05) is 6.92 Å². The van der Waals surface area contributed by atoms with Crippen molar-refractivity contribution in [2.75, 3.05) is 19.6 Å². The standard InChI is InChI=1S/C14H23N3O3/c1-4-11(5-2)9-16(6-3)10-14(18)13-7-12(8-15-13)17(19)20/h7-8,11,15H,4-6,9-10H2,1-3H3. The molecule has 1 rings (SSSR count). The first-order valence-electron chi connectivity index (χ1n) is 7.10. The number of hydrogen-bond acceptors (Lipinski definition) is 4. The highest BCUT2D eigenvalue weighted by Gasteiger charge is 2.18. The van der Waals surface area contributed by atoms with Crippen LogP contribution < -0.4 is 0 Å². The van der Waals surface area contributed by atoms with Crippen LogP contribution in [0, 0.1) is 16.0 Å². The summed E-state index contributed by atoms with van der Waals surface area (Å²) in [6, 6.07) is 1.30. The van der Waals surface area contributed by atoms with Crippen molar-refractivity contribution in [3.63, 3.8) is 0 Å². The Kier molecular flexibility index (Phi) is 6.38. The first kappa shape index (κ1) is 16.4. The molecule has 6 heteroatoms. The second-order valence-electron chi connectivity index (χ2n) is 4.96. The third kappa shape index (κ3) is 4.45. The minimum Gasteiger partial charge on any atom is -0.353 e. The summed E-state index contributed by atoms with van der Waals surface area (Å²) in [4.78, 5) is 27.0. The Balaban J connectivity index is 2.64. The molecular formula is C14H23N3O3. The largest absolute Gasteiger partial charge is 0.353 e. The van der Waals surface area contributed by atoms with Crippen molar-refractivity contribution in [1.82, 2.24) is 9.88 Å². The molecule has 0 saturated carbocycles. The summed E-state index contributed by atoms with van der Waals surface area (Å²) < 4.78 is 0. The van der Waals surface area contributed by atoms with Gasteiger partial charge in [0.25, 0.3) is 5.69 Å². The van der Waals surface area contributed by atoms with Crippen molar-refractivity contribution in [3.8, 4) is 0 Å². The second-order valence-corrected chi connectivity index (χ2v) is 4.96. The molecule has 0 fully saturated rings. The maximum absolute atomic E-state index is 12.1. The molecule has 1 heterocycles. The summed E-state index contributed by atoms with van der Waals surface area (Å²) in [5.74, 6) is 0.478. The predicted molar refractivity (Wildman–Crippen MR) is 78.0 cm³/mol. The van der Waals surface area contributed by atoms with Crippen molar-refractivity contribution in [3.05, 3.63) is 28.1 Å². The fourth-order valence-corrected chi connectivity index (χ4v) is 2.16. The lowest BCUT2D eigenvalue weighted by atomic mass is 10.0. The van der Waals surface area contributed by atoms with Gasteiger partial charge in [-0.25, -0.2) is 0 Å². The van der Waals surface area contributed by atoms with Gasteiger partial charge >= 0.3 is 0 Å². The average molecular weight is 281 g/mol. The van der Waals surface area contributed by atoms with Gasteiger partial charge in [0.15, 0.2) is 5.78 Å². The van der Waals surface area contributed by atoms with E-state index in [0.29, 0.717) is 18.2 Å². The Bertz CT molecular complexity index is 452. The van der Waals surface area contributed by atoms with Crippen molar-refractivity contribution in [1.29, 1.82) is 0 Å². The molecule has 0 aromatic carbocycles. The van der Waals surface area contributed by atoms with E-state index in [0.717, 1.165) is 25.9 Å². The molecule has 20 heavy (non-hydrogen) atoms. The number of nitro groups is 1. The number of Topliss-reactive ketones (excluding diaryl/α,β-unsaturated/α-hetero) is 1. The van der Waals surface area contributed by atoms with Crippen molar-refractivity contribution in [2.45, 2.75) is 33.6 Å². The number of ketones is 1. The molecule has 1 aromatic rings. The number of hydrogen-bond donors (Lipinski definition) is 1. The van der Waals surface area contributed by atoms with Gasteiger partial charge in [0.1, 0.15) is 0 Å². The van der Waals surface area contributed by atoms with E-state index in [1.165, 1.54) is 12.3 Å². The molecular weight excluding hydrogens is 258 g/mol. The highest BCUT2D eigenvalue weighted by atomic mass is 16.6. The highest BCUT2D eigenvalue weighted by molar-refractivity contribution is 5.96. The van der Waals surface area contributed by atoms with Gasteiger partial charge in [-0.3, -0.25) is 19.8 Å². The lowest BCUT2D eigenvalue weighted by Gasteiger charge is -2.24. The van der Waals surface area contributed by atoms with Gasteiger partial charge in [-0.05, 0) is 12.5 Å². The number of rotatable bonds is 9. The second kappa shape index (κ2) is 7.79. The van der Waals surface area contributed by atoms with E-state index in [-0.39, 0.29) is 11.5 Å². The number of carbonyl (C=O) groups excluding carboxylic acids is 1. The van der Waals surface area contributed by atoms with Crippen molar-refractivity contribution >= 4 is 11.5 Å². The minimum absolute atomic E-state index is 0.0728. The van der Waals surface area contributed by atoms with Crippen LogP contribution >= 0.6 is 0 Å². The molecule has 0 spiro atoms. The summed E-state index contributed by atoms with van der Waals surface area (Å²) in [6.07, 6.45) is 3.44. The van der Waals surface area contributed by atoms with E-state index in [1.54, 1.807) is 0 Å². The molecule has 0 aliphatic rings. The number of nitrogens with one attached hydrogen (secondary N) is 1. The summed E-state index contributed by atoms with van der Waals surface area (Å²) in [5.41, 5.74) is 0.232. The molecule has 1 N–H and O–H groups in total. The van der Waals surface area contributed by atoms with E-state index in [2.05, 4.69) is 23.7 Å². The van der Waals surface area contributed by atoms with E-state index in [4.69, 9.17) is 0 Å². The summed E-state index contributed by atoms with van der Waals surface area (Å²) in [6.45, 7) is 8.30. The summed E-state index contributed by atoms with van der Waals surface area (Å²) >= 11 is 0. The van der Waals surface area contributed by atoms with Crippen LogP contribution in [-0.4, -0.2) is 40.2 Å². The third-order valence-electron chi connectivity index (χ3n) is 3.66. The van der Waals surface area contributed by atoms with Gasteiger partial charge < -0.3 is 4.98 Å². The predicted octanol–water partition coefficient (Wildman–Crippen LogP) is 2.86. The Morgan fingerprint density at radius 1 is 1.40 bits per heavy atom. The molecule has 0 atom stereocenters. The van der Waals surface area contributed by atoms with Crippen LogP contribution in [0.15, 0.2) is 12.3 Å². The smallest absolute Gasteiger partial charge is 0.287 e. The Labute approximate surface area is 119 Å². The maximum Gasteiger partial charge on any atom is 0.287 e. The van der Waals surface area contributed by atoms with Crippen LogP contribution in [0.4, 0.5) is 5.69 Å². The van der Waals surface area contributed by atoms with Crippen LogP contribution in [0.5, 0.6) is 0 Å². The van der Waals surface area contributed by atoms with Crippen LogP contribution in [0.1, 0.15) is 44.1 Å². The monoisotopic (exact) mass is 281 g/mol. The number of likely N-dealkylation sites (N-methyl/N-ethyl adjacent to an activating group) is 1. The molecule has 0 aliphatic heterocycles. The first-order valence-corrected chi connectivity index (χ1v) is 7.10. The first-order chi connectivity index (χ1) is 9.51. The lowest BCUT2D eigenvalue weighted by molar-refractivity contribution is -0.384. The lowest BCUT2D eigenvalue weighted by Crippen LogP contribution is -2.34. The number of aromatic nitrogens is 1. The van der Waals surface area contributed by atoms with Gasteiger partial charge in [0.05, 0.1) is 23.4 Å². The van der Waals surface area contributed by atoms with Crippen molar-refractivity contribution < 1.29 is 9.72 Å². The van der Waals surface area contributed by atoms with Gasteiger partial charge in [0.2, 0.25) is 0 Å². The fraction of sp³-hybridized carbons (Fsp3) is 0.643. The zero-order valence-electron chi connectivity index (χ0n) is 12.4. The number of carbonyl (C=O) groups is 1. The average Bonchev–Trinajstić information content (AvgIpc) is 2.93. The number of nitrogens with zero attached hydrogens (tertiary/aromatic N) is 2. The Morgan fingerprint density at radius 3 is 2.50 bits per heavy atom. The quantitative estimate of drug-likeness (QED) is 0.429. The normalized spacial score (nSPS) is 11.2. The molecule has 0 unspecified atom stereocenters. The molecule has 0 saturated heterocycles. The van der Waals surface area contributed by atoms with Crippen LogP contribution in [-0.2, 0) is 0 Å². The highest BCUT2D eigenvalue weighted by Crippen LogP contribution is 2.14. The van der Waals surface area contributed by atoms with Gasteiger partial charge in [0, 0.05) is 12.6 Å². The Morgan fingerprint density at radius 2 is 2.05 bits per heavy atom. The molecule has 0 aliphatic carbocycles. The zero-order chi connectivity index (χ0) is 15.1. The molecule has 1 aromatic heterocycles. The van der Waals surface area contributed by atoms with E-state index >= 15 is 0 Å². The summed E-state index contributed by atoms with van der Waals surface area (Å²) in [7, 11) is 0. The minimum atomic E-state index is -0.505. The van der Waals surface area contributed by atoms with E-state index < -0.39 is 4.92 Å². The number of H-pyrrole nitrogens is 1. The van der Waals surface area contributed by atoms with E-state index in [9.17, 15) is 14.9 Å². The third-order valence-corrected chi connectivity index (χ3v) is 3.66. The van der Waals surface area contributed by atoms with Gasteiger partial charge in [-0.15, -0.1) is 0 Å². The molecule has 0 radical (unpaired) electrons. The molecule has 0 bridgehead atoms. The molecule has 6 nitrogen and oxygen atoms in total. The summed E-state index contributed by atoms with van der Waals surface area (Å²) in [5, 5.41) is 10.6.